The largest absolute Gasteiger partial charge is 0.396 e. The first-order chi connectivity index (χ1) is 21.2. The van der Waals surface area contributed by atoms with E-state index in [-0.39, 0.29) is 53.8 Å². The molecule has 0 unspecified atom stereocenters. The Morgan fingerprint density at radius 3 is 2.38 bits per heavy atom. The van der Waals surface area contributed by atoms with Crippen molar-refractivity contribution in [2.45, 2.75) is 52.7 Å². The van der Waals surface area contributed by atoms with Crippen LogP contribution in [0.3, 0.4) is 0 Å². The van der Waals surface area contributed by atoms with Gasteiger partial charge in [-0.05, 0) is 56.7 Å². The zero-order chi connectivity index (χ0) is 33.1. The number of nitrogens with two attached hydrogens (primary N) is 1. The van der Waals surface area contributed by atoms with Crippen LogP contribution < -0.4 is 21.6 Å². The van der Waals surface area contributed by atoms with Crippen LogP contribution in [0.4, 0.5) is 29.1 Å². The maximum absolute atomic E-state index is 16.0. The molecule has 0 spiro atoms. The molecule has 14 heteroatoms. The summed E-state index contributed by atoms with van der Waals surface area (Å²) in [5.74, 6) is -6.26. The number of piperazine rings is 1. The molecular weight excluding hydrogens is 614 g/mol. The fraction of sp³-hybridized carbons (Fsp3) is 0.355. The van der Waals surface area contributed by atoms with Gasteiger partial charge in [-0.3, -0.25) is 4.79 Å². The monoisotopic (exact) mass is 645 g/mol. The van der Waals surface area contributed by atoms with Crippen LogP contribution in [0.25, 0.3) is 28.0 Å². The Morgan fingerprint density at radius 2 is 1.78 bits per heavy atom. The molecule has 4 heterocycles. The fourth-order valence-corrected chi connectivity index (χ4v) is 6.34. The molecule has 238 valence electrons. The molecule has 1 aromatic carbocycles. The molecule has 1 saturated heterocycles. The van der Waals surface area contributed by atoms with Crippen LogP contribution in [-0.2, 0) is 4.79 Å². The van der Waals surface area contributed by atoms with E-state index in [9.17, 15) is 18.4 Å². The van der Waals surface area contributed by atoms with E-state index in [0.717, 1.165) is 6.07 Å². The molecule has 0 radical (unpaired) electrons. The molecule has 0 bridgehead atoms. The van der Waals surface area contributed by atoms with Crippen molar-refractivity contribution in [2.75, 3.05) is 23.7 Å². The number of hydrogen-bond acceptors (Lipinski definition) is 7. The van der Waals surface area contributed by atoms with Crippen molar-refractivity contribution in [2.24, 2.45) is 5.92 Å². The summed E-state index contributed by atoms with van der Waals surface area (Å²) < 4.78 is 61.4. The highest BCUT2D eigenvalue weighted by Crippen LogP contribution is 2.40. The second-order valence-corrected chi connectivity index (χ2v) is 12.0. The lowest BCUT2D eigenvalue weighted by molar-refractivity contribution is -0.130. The summed E-state index contributed by atoms with van der Waals surface area (Å²) in [5.41, 5.74) is 3.31. The summed E-state index contributed by atoms with van der Waals surface area (Å²) in [4.78, 5) is 38.7. The Hall–Kier alpha value is -4.39. The molecule has 2 aliphatic rings. The van der Waals surface area contributed by atoms with Gasteiger partial charge in [0.15, 0.2) is 28.9 Å². The van der Waals surface area contributed by atoms with Crippen molar-refractivity contribution in [1.29, 1.82) is 0 Å². The van der Waals surface area contributed by atoms with Gasteiger partial charge in [0, 0.05) is 25.2 Å². The number of nitrogens with zero attached hydrogens (tertiary/aromatic N) is 5. The number of fused-ring (bicyclic) bond motifs is 1. The number of pyridine rings is 1. The number of anilines is 2. The molecule has 0 aliphatic carbocycles. The minimum atomic E-state index is -1.72. The van der Waals surface area contributed by atoms with Gasteiger partial charge >= 0.3 is 5.69 Å². The lowest BCUT2D eigenvalue weighted by atomic mass is 9.95. The average Bonchev–Trinajstić information content (AvgIpc) is 2.99. The summed E-state index contributed by atoms with van der Waals surface area (Å²) in [6.45, 7) is 13.3. The number of nitrogens with one attached hydrogen (secondary N) is 1. The number of allylic oxidation sites excluding steroid dienone is 2. The highest BCUT2D eigenvalue weighted by atomic mass is 35.5. The topological polar surface area (TPSA) is 109 Å². The molecule has 3 N–H and O–H groups in total. The van der Waals surface area contributed by atoms with E-state index in [2.05, 4.69) is 21.9 Å². The number of carbonyl (C=O) groups is 1. The molecular formula is C31H32ClF4N7O2. The van der Waals surface area contributed by atoms with Gasteiger partial charge in [-0.1, -0.05) is 32.0 Å². The third-order valence-electron chi connectivity index (χ3n) is 8.20. The minimum Gasteiger partial charge on any atom is -0.396 e. The lowest BCUT2D eigenvalue weighted by Crippen LogP contribution is -2.58. The van der Waals surface area contributed by atoms with E-state index in [1.165, 1.54) is 10.6 Å². The molecule has 2 aliphatic heterocycles. The quantitative estimate of drug-likeness (QED) is 0.129. The normalized spacial score (nSPS) is 20.3. The van der Waals surface area contributed by atoms with Crippen molar-refractivity contribution in [3.8, 4) is 11.3 Å². The van der Waals surface area contributed by atoms with E-state index in [0.29, 0.717) is 11.3 Å². The second-order valence-electron chi connectivity index (χ2n) is 11.6. The van der Waals surface area contributed by atoms with Crippen molar-refractivity contribution >= 4 is 45.7 Å². The number of carbonyl (C=O) groups excluding carboxylic acids is 1. The van der Waals surface area contributed by atoms with Crippen LogP contribution in [-0.4, -0.2) is 56.6 Å². The highest BCUT2D eigenvalue weighted by molar-refractivity contribution is 6.31. The molecule has 9 nitrogen and oxygen atoms in total. The third kappa shape index (κ3) is 5.22. The Labute approximate surface area is 261 Å². The molecule has 2 aromatic heterocycles. The third-order valence-corrected chi connectivity index (χ3v) is 8.54. The minimum absolute atomic E-state index is 0.0447. The van der Waals surface area contributed by atoms with Crippen LogP contribution in [0.1, 0.15) is 34.6 Å². The van der Waals surface area contributed by atoms with Crippen LogP contribution in [0.5, 0.6) is 0 Å². The van der Waals surface area contributed by atoms with Gasteiger partial charge in [0.2, 0.25) is 5.91 Å². The maximum Gasteiger partial charge on any atom is 0.355 e. The second kappa shape index (κ2) is 11.8. The van der Waals surface area contributed by atoms with Gasteiger partial charge < -0.3 is 20.9 Å². The molecule has 45 heavy (non-hydrogen) atoms. The Kier molecular flexibility index (Phi) is 8.43. The van der Waals surface area contributed by atoms with Gasteiger partial charge in [0.1, 0.15) is 16.5 Å². The molecule has 1 fully saturated rings. The van der Waals surface area contributed by atoms with Crippen molar-refractivity contribution in [3.05, 3.63) is 75.3 Å². The number of amides is 1. The number of dihydropyridines is 1. The molecule has 3 aromatic rings. The fourth-order valence-electron chi connectivity index (χ4n) is 6.16. The van der Waals surface area contributed by atoms with Crippen molar-refractivity contribution in [3.63, 3.8) is 0 Å². The highest BCUT2D eigenvalue weighted by Gasteiger charge is 2.35. The van der Waals surface area contributed by atoms with Gasteiger partial charge in [-0.25, -0.2) is 31.9 Å². The standard InChI is InChI=1S/C31H32ClF4N7O2/c1-7-19(44)42-15(5)11-41(12-16(42)6)29-17-10-18(33)27(20-22(34)21(32)23(35)24(36)25(20)37)39-30(17)43(31(45)40-29)28-14(4)8-9-38-26(28)13(2)3/h7-10,13,15-16,26,38H,1,11-12,37H2,2-6H3/t15-,16+,26-/m1/s1. The smallest absolute Gasteiger partial charge is 0.355 e. The average molecular weight is 646 g/mol. The zero-order valence-corrected chi connectivity index (χ0v) is 26.0. The van der Waals surface area contributed by atoms with Crippen molar-refractivity contribution < 1.29 is 22.4 Å². The first-order valence-corrected chi connectivity index (χ1v) is 14.7. The molecule has 1 amide bonds. The Morgan fingerprint density at radius 1 is 1.13 bits per heavy atom. The molecule has 0 saturated carbocycles. The number of benzene rings is 1. The number of hydrogen-bond donors (Lipinski definition) is 2. The summed E-state index contributed by atoms with van der Waals surface area (Å²) in [6.07, 6.45) is 4.71. The van der Waals surface area contributed by atoms with Crippen molar-refractivity contribution in [1.82, 2.24) is 24.8 Å². The number of rotatable bonds is 5. The van der Waals surface area contributed by atoms with Crippen LogP contribution in [0.15, 0.2) is 41.4 Å². The Bertz CT molecular complexity index is 1830. The predicted molar refractivity (Wildman–Crippen MR) is 166 cm³/mol. The number of halogens is 5. The van der Waals surface area contributed by atoms with Gasteiger partial charge in [-0.2, -0.15) is 4.98 Å². The van der Waals surface area contributed by atoms with E-state index in [4.69, 9.17) is 17.3 Å². The zero-order valence-electron chi connectivity index (χ0n) is 25.3. The lowest BCUT2D eigenvalue weighted by Gasteiger charge is -2.44. The first-order valence-electron chi connectivity index (χ1n) is 14.3. The van der Waals surface area contributed by atoms with E-state index in [1.54, 1.807) is 29.0 Å². The van der Waals surface area contributed by atoms with E-state index in [1.807, 2.05) is 27.7 Å². The summed E-state index contributed by atoms with van der Waals surface area (Å²) >= 11 is 5.71. The van der Waals surface area contributed by atoms with Gasteiger partial charge in [-0.15, -0.1) is 0 Å². The van der Waals surface area contributed by atoms with Crippen LogP contribution >= 0.6 is 11.6 Å². The first kappa shape index (κ1) is 32.0. The maximum atomic E-state index is 16.0. The van der Waals surface area contributed by atoms with Crippen LogP contribution in [0, 0.1) is 29.2 Å². The summed E-state index contributed by atoms with van der Waals surface area (Å²) in [5, 5.41) is 2.09. The summed E-state index contributed by atoms with van der Waals surface area (Å²) in [7, 11) is 0. The SMILES string of the molecule is C=CC(=O)N1[C@H](C)CN(c2nc(=O)n(C3=C(C)C=CN[C@@H]3C(C)C)c3nc(-c4c(N)c(F)c(F)c(Cl)c4F)c(F)cc23)C[C@@H]1C. The van der Waals surface area contributed by atoms with Crippen LogP contribution in [0.2, 0.25) is 5.02 Å². The van der Waals surface area contributed by atoms with Gasteiger partial charge in [0.05, 0.1) is 28.4 Å². The molecule has 3 atom stereocenters. The summed E-state index contributed by atoms with van der Waals surface area (Å²) in [6, 6.07) is -0.0760. The predicted octanol–water partition coefficient (Wildman–Crippen LogP) is 5.23. The Balaban J connectivity index is 1.85. The number of aromatic nitrogens is 3. The molecule has 5 rings (SSSR count). The van der Waals surface area contributed by atoms with E-state index >= 15 is 8.78 Å². The number of nitrogen functional groups attached to an aromatic ring is 1. The van der Waals surface area contributed by atoms with Gasteiger partial charge in [0.25, 0.3) is 0 Å². The van der Waals surface area contributed by atoms with E-state index < -0.39 is 57.0 Å².